The van der Waals surface area contributed by atoms with Gasteiger partial charge in [-0.25, -0.2) is 4.79 Å². The van der Waals surface area contributed by atoms with Gasteiger partial charge in [0.25, 0.3) is 5.69 Å². The number of rotatable bonds is 5. The molecule has 126 valence electrons. The van der Waals surface area contributed by atoms with Gasteiger partial charge in [0.05, 0.1) is 11.3 Å². The lowest BCUT2D eigenvalue weighted by Crippen LogP contribution is -2.12. The normalized spacial score (nSPS) is 9.33. The minimum atomic E-state index is -0.872. The van der Waals surface area contributed by atoms with Gasteiger partial charge in [-0.3, -0.25) is 14.9 Å². The fraction of sp³-hybridized carbons (Fsp3) is 0.125. The summed E-state index contributed by atoms with van der Waals surface area (Å²) < 4.78 is 4.50. The third kappa shape index (κ3) is 7.55. The first kappa shape index (κ1) is 18.6. The van der Waals surface area contributed by atoms with Gasteiger partial charge in [-0.05, 0) is 23.3 Å². The molecule has 8 heteroatoms. The van der Waals surface area contributed by atoms with Crippen molar-refractivity contribution in [3.8, 4) is 0 Å². The van der Waals surface area contributed by atoms with E-state index in [-0.39, 0.29) is 18.7 Å². The summed E-state index contributed by atoms with van der Waals surface area (Å²) in [5.74, 6) is -0.786. The van der Waals surface area contributed by atoms with Crippen molar-refractivity contribution in [1.29, 1.82) is 0 Å². The molecule has 0 saturated heterocycles. The van der Waals surface area contributed by atoms with E-state index in [2.05, 4.69) is 4.74 Å². The zero-order chi connectivity index (χ0) is 17.9. The molecule has 0 atom stereocenters. The van der Waals surface area contributed by atoms with E-state index >= 15 is 0 Å². The van der Waals surface area contributed by atoms with E-state index in [9.17, 15) is 19.7 Å². The molecule has 0 heterocycles. The lowest BCUT2D eigenvalue weighted by Gasteiger charge is -2.00. The molecule has 24 heavy (non-hydrogen) atoms. The minimum absolute atomic E-state index is 0.00664. The molecule has 2 aromatic rings. The second kappa shape index (κ2) is 9.57. The highest BCUT2D eigenvalue weighted by molar-refractivity contribution is 5.70. The fourth-order valence-electron chi connectivity index (χ4n) is 1.64. The number of amides is 1. The molecule has 0 aromatic heterocycles. The van der Waals surface area contributed by atoms with E-state index in [1.54, 1.807) is 12.1 Å². The SMILES string of the molecule is NC(=O)OCc1ccc([N+](=O)[O-])cc1.O=C(O)Cc1ccccc1. The molecule has 0 bridgehead atoms. The third-order valence-corrected chi connectivity index (χ3v) is 2.73. The van der Waals surface area contributed by atoms with Crippen molar-refractivity contribution in [2.24, 2.45) is 5.73 Å². The van der Waals surface area contributed by atoms with Crippen molar-refractivity contribution < 1.29 is 24.4 Å². The van der Waals surface area contributed by atoms with E-state index in [1.165, 1.54) is 24.3 Å². The molecule has 2 aromatic carbocycles. The number of carboxylic acids is 1. The summed E-state index contributed by atoms with van der Waals surface area (Å²) in [6, 6.07) is 14.8. The first-order valence-electron chi connectivity index (χ1n) is 6.79. The summed E-state index contributed by atoms with van der Waals surface area (Å²) in [6.07, 6.45) is -0.760. The average molecular weight is 332 g/mol. The van der Waals surface area contributed by atoms with Crippen LogP contribution in [0.15, 0.2) is 54.6 Å². The Hall–Kier alpha value is -3.42. The van der Waals surface area contributed by atoms with Crippen LogP contribution in [0.5, 0.6) is 0 Å². The monoisotopic (exact) mass is 332 g/mol. The molecule has 2 rings (SSSR count). The lowest BCUT2D eigenvalue weighted by molar-refractivity contribution is -0.384. The number of benzene rings is 2. The molecule has 3 N–H and O–H groups in total. The van der Waals surface area contributed by atoms with Gasteiger partial charge in [-0.2, -0.15) is 0 Å². The first-order chi connectivity index (χ1) is 11.4. The second-order valence-electron chi connectivity index (χ2n) is 4.59. The lowest BCUT2D eigenvalue weighted by atomic mass is 10.2. The Morgan fingerprint density at radius 3 is 2.08 bits per heavy atom. The van der Waals surface area contributed by atoms with Gasteiger partial charge < -0.3 is 15.6 Å². The highest BCUT2D eigenvalue weighted by Gasteiger charge is 2.04. The van der Waals surface area contributed by atoms with Crippen LogP contribution in [-0.4, -0.2) is 22.1 Å². The van der Waals surface area contributed by atoms with Gasteiger partial charge in [0.1, 0.15) is 6.61 Å². The number of hydrogen-bond donors (Lipinski definition) is 2. The Bertz CT molecular complexity index is 685. The summed E-state index contributed by atoms with van der Waals surface area (Å²) >= 11 is 0. The van der Waals surface area contributed by atoms with E-state index in [0.29, 0.717) is 5.56 Å². The van der Waals surface area contributed by atoms with Crippen LogP contribution in [0.3, 0.4) is 0 Å². The number of non-ortho nitro benzene ring substituents is 1. The zero-order valence-corrected chi connectivity index (χ0v) is 12.6. The average Bonchev–Trinajstić information content (AvgIpc) is 2.54. The van der Waals surface area contributed by atoms with Crippen molar-refractivity contribution in [1.82, 2.24) is 0 Å². The minimum Gasteiger partial charge on any atom is -0.481 e. The van der Waals surface area contributed by atoms with E-state index < -0.39 is 17.0 Å². The summed E-state index contributed by atoms with van der Waals surface area (Å²) in [7, 11) is 0. The van der Waals surface area contributed by atoms with Crippen LogP contribution in [0, 0.1) is 10.1 Å². The van der Waals surface area contributed by atoms with E-state index in [4.69, 9.17) is 10.8 Å². The number of primary amides is 1. The van der Waals surface area contributed by atoms with Crippen LogP contribution in [-0.2, 0) is 22.6 Å². The van der Waals surface area contributed by atoms with Gasteiger partial charge in [-0.15, -0.1) is 0 Å². The highest BCUT2D eigenvalue weighted by atomic mass is 16.6. The van der Waals surface area contributed by atoms with Crippen LogP contribution in [0.2, 0.25) is 0 Å². The molecule has 0 aliphatic heterocycles. The maximum absolute atomic E-state index is 10.3. The van der Waals surface area contributed by atoms with Gasteiger partial charge in [0.2, 0.25) is 0 Å². The van der Waals surface area contributed by atoms with Crippen LogP contribution in [0.25, 0.3) is 0 Å². The Morgan fingerprint density at radius 2 is 1.62 bits per heavy atom. The van der Waals surface area contributed by atoms with Crippen LogP contribution in [0.1, 0.15) is 11.1 Å². The molecule has 0 aliphatic carbocycles. The predicted octanol–water partition coefficient (Wildman–Crippen LogP) is 2.50. The van der Waals surface area contributed by atoms with Gasteiger partial charge in [0.15, 0.2) is 0 Å². The smallest absolute Gasteiger partial charge is 0.404 e. The fourth-order valence-corrected chi connectivity index (χ4v) is 1.64. The number of hydrogen-bond acceptors (Lipinski definition) is 5. The van der Waals surface area contributed by atoms with Crippen molar-refractivity contribution in [2.75, 3.05) is 0 Å². The summed E-state index contributed by atoms with van der Waals surface area (Å²) in [5, 5.41) is 18.6. The maximum Gasteiger partial charge on any atom is 0.404 e. The Kier molecular flexibility index (Phi) is 7.43. The Labute approximate surface area is 137 Å². The van der Waals surface area contributed by atoms with Crippen LogP contribution in [0.4, 0.5) is 10.5 Å². The number of nitro benzene ring substituents is 1. The predicted molar refractivity (Wildman–Crippen MR) is 85.3 cm³/mol. The molecule has 0 fully saturated rings. The van der Waals surface area contributed by atoms with E-state index in [0.717, 1.165) is 5.56 Å². The number of carbonyl (C=O) groups is 2. The second-order valence-corrected chi connectivity index (χ2v) is 4.59. The Balaban J connectivity index is 0.000000254. The third-order valence-electron chi connectivity index (χ3n) is 2.73. The molecule has 1 amide bonds. The molecule has 8 nitrogen and oxygen atoms in total. The number of nitrogens with two attached hydrogens (primary N) is 1. The summed E-state index contributed by atoms with van der Waals surface area (Å²) in [5.41, 5.74) is 6.23. The molecule has 0 aliphatic rings. The largest absolute Gasteiger partial charge is 0.481 e. The van der Waals surface area contributed by atoms with Crippen molar-refractivity contribution in [2.45, 2.75) is 13.0 Å². The van der Waals surface area contributed by atoms with Crippen molar-refractivity contribution in [3.05, 3.63) is 75.8 Å². The van der Waals surface area contributed by atoms with Crippen molar-refractivity contribution >= 4 is 17.7 Å². The van der Waals surface area contributed by atoms with Crippen molar-refractivity contribution in [3.63, 3.8) is 0 Å². The number of carbonyl (C=O) groups excluding carboxylic acids is 1. The highest BCUT2D eigenvalue weighted by Crippen LogP contribution is 2.12. The van der Waals surface area contributed by atoms with Gasteiger partial charge >= 0.3 is 12.1 Å². The zero-order valence-electron chi connectivity index (χ0n) is 12.6. The molecule has 0 unspecified atom stereocenters. The molecular formula is C16H16N2O6. The molecular weight excluding hydrogens is 316 g/mol. The maximum atomic E-state index is 10.3. The number of nitrogens with zero attached hydrogens (tertiary/aromatic N) is 1. The number of ether oxygens (including phenoxy) is 1. The van der Waals surface area contributed by atoms with Crippen LogP contribution < -0.4 is 5.73 Å². The molecule has 0 spiro atoms. The quantitative estimate of drug-likeness (QED) is 0.638. The Morgan fingerprint density at radius 1 is 1.04 bits per heavy atom. The summed E-state index contributed by atoms with van der Waals surface area (Å²) in [6.45, 7) is 0.0212. The molecule has 0 radical (unpaired) electrons. The first-order valence-corrected chi connectivity index (χ1v) is 6.79. The van der Waals surface area contributed by atoms with Gasteiger partial charge in [0, 0.05) is 12.1 Å². The number of nitro groups is 1. The molecule has 0 saturated carbocycles. The van der Waals surface area contributed by atoms with E-state index in [1.807, 2.05) is 18.2 Å². The number of aliphatic carboxylic acids is 1. The standard InChI is InChI=1S/C8H8N2O4.C8H8O2/c9-8(11)14-5-6-1-3-7(4-2-6)10(12)13;9-8(10)6-7-4-2-1-3-5-7/h1-4H,5H2,(H2,9,11);1-5H,6H2,(H,9,10). The van der Waals surface area contributed by atoms with Gasteiger partial charge in [-0.1, -0.05) is 30.3 Å². The van der Waals surface area contributed by atoms with Crippen LogP contribution >= 0.6 is 0 Å². The topological polar surface area (TPSA) is 133 Å². The summed E-state index contributed by atoms with van der Waals surface area (Å²) in [4.78, 5) is 30.2. The number of carboxylic acid groups (broad SMARTS) is 1.